The third-order valence-electron chi connectivity index (χ3n) is 2.08. The van der Waals surface area contributed by atoms with Crippen LogP contribution in [0.25, 0.3) is 0 Å². The summed E-state index contributed by atoms with van der Waals surface area (Å²) in [6.07, 6.45) is 13.9. The molecule has 1 heterocycles. The number of hydrogen-bond donors (Lipinski definition) is 0. The number of ether oxygens (including phenoxy) is 1. The Morgan fingerprint density at radius 2 is 2.08 bits per heavy atom. The second kappa shape index (κ2) is 3.44. The number of fused-ring (bicyclic) bond motifs is 1. The van der Waals surface area contributed by atoms with Crippen molar-refractivity contribution >= 4 is 6.21 Å². The summed E-state index contributed by atoms with van der Waals surface area (Å²) in [5.41, 5.74) is 0.981. The van der Waals surface area contributed by atoms with Crippen LogP contribution < -0.4 is 0 Å². The first-order valence-electron chi connectivity index (χ1n) is 4.25. The van der Waals surface area contributed by atoms with Gasteiger partial charge in [0.25, 0.3) is 0 Å². The lowest BCUT2D eigenvalue weighted by Crippen LogP contribution is -2.03. The molecule has 1 atom stereocenters. The lowest BCUT2D eigenvalue weighted by molar-refractivity contribution is 0.299. The molecule has 0 aromatic rings. The molecule has 0 aromatic carbocycles. The van der Waals surface area contributed by atoms with E-state index < -0.39 is 0 Å². The summed E-state index contributed by atoms with van der Waals surface area (Å²) < 4.78 is 5.25. The van der Waals surface area contributed by atoms with Crippen LogP contribution in [0.15, 0.2) is 52.9 Å². The van der Waals surface area contributed by atoms with Gasteiger partial charge < -0.3 is 4.74 Å². The summed E-state index contributed by atoms with van der Waals surface area (Å²) in [5, 5.41) is 0. The van der Waals surface area contributed by atoms with E-state index in [0.717, 1.165) is 11.5 Å². The number of allylic oxidation sites excluding steroid dienone is 5. The number of rotatable bonds is 1. The Labute approximate surface area is 77.6 Å². The summed E-state index contributed by atoms with van der Waals surface area (Å²) >= 11 is 0. The van der Waals surface area contributed by atoms with E-state index in [9.17, 15) is 0 Å². The molecule has 1 unspecified atom stereocenters. The highest BCUT2D eigenvalue weighted by Gasteiger charge is 2.15. The highest BCUT2D eigenvalue weighted by molar-refractivity contribution is 5.74. The van der Waals surface area contributed by atoms with E-state index >= 15 is 0 Å². The van der Waals surface area contributed by atoms with Crippen molar-refractivity contribution in [3.05, 3.63) is 47.9 Å². The van der Waals surface area contributed by atoms with Crippen LogP contribution in [0, 0.1) is 5.92 Å². The van der Waals surface area contributed by atoms with E-state index in [0.29, 0.717) is 0 Å². The fourth-order valence-electron chi connectivity index (χ4n) is 1.44. The first kappa shape index (κ1) is 8.05. The van der Waals surface area contributed by atoms with Crippen molar-refractivity contribution in [3.63, 3.8) is 0 Å². The van der Waals surface area contributed by atoms with Gasteiger partial charge in [0.2, 0.25) is 0 Å². The van der Waals surface area contributed by atoms with Crippen LogP contribution in [0.2, 0.25) is 0 Å². The Morgan fingerprint density at radius 3 is 2.92 bits per heavy atom. The number of nitrogens with zero attached hydrogens (tertiary/aromatic N) is 1. The first-order valence-corrected chi connectivity index (χ1v) is 4.25. The van der Waals surface area contributed by atoms with E-state index in [1.165, 1.54) is 0 Å². The van der Waals surface area contributed by atoms with Gasteiger partial charge in [0.05, 0.1) is 12.8 Å². The number of aliphatic imine (C=N–C) groups is 1. The summed E-state index contributed by atoms with van der Waals surface area (Å²) in [4.78, 5) is 4.30. The molecular formula is C11H11NO. The standard InChI is InChI=1S/C11H11NO/c1-13-10-7-3-2-5-9-6-4-8-12-11(9)10/h2-9H,1H3. The topological polar surface area (TPSA) is 21.6 Å². The van der Waals surface area contributed by atoms with Gasteiger partial charge in [-0.1, -0.05) is 24.3 Å². The van der Waals surface area contributed by atoms with Crippen LogP contribution in [-0.4, -0.2) is 13.3 Å². The molecule has 0 fully saturated rings. The van der Waals surface area contributed by atoms with Crippen molar-refractivity contribution in [1.82, 2.24) is 0 Å². The maximum atomic E-state index is 5.25. The Kier molecular flexibility index (Phi) is 2.13. The second-order valence-electron chi connectivity index (χ2n) is 2.89. The van der Waals surface area contributed by atoms with Crippen molar-refractivity contribution < 1.29 is 4.74 Å². The van der Waals surface area contributed by atoms with Gasteiger partial charge in [0.15, 0.2) is 0 Å². The molecule has 0 saturated heterocycles. The maximum Gasteiger partial charge on any atom is 0.141 e. The van der Waals surface area contributed by atoms with Gasteiger partial charge in [-0.2, -0.15) is 0 Å². The van der Waals surface area contributed by atoms with Gasteiger partial charge in [-0.25, -0.2) is 0 Å². The minimum Gasteiger partial charge on any atom is -0.495 e. The summed E-state index contributed by atoms with van der Waals surface area (Å²) in [6, 6.07) is 0. The lowest BCUT2D eigenvalue weighted by Gasteiger charge is -2.13. The average Bonchev–Trinajstić information content (AvgIpc) is 2.39. The van der Waals surface area contributed by atoms with Crippen LogP contribution in [0.3, 0.4) is 0 Å². The Hall–Kier alpha value is -1.57. The van der Waals surface area contributed by atoms with E-state index in [1.54, 1.807) is 13.3 Å². The number of dihydropyridines is 1. The third kappa shape index (κ3) is 1.47. The van der Waals surface area contributed by atoms with Crippen molar-refractivity contribution in [2.24, 2.45) is 10.9 Å². The maximum absolute atomic E-state index is 5.25. The van der Waals surface area contributed by atoms with E-state index in [-0.39, 0.29) is 5.92 Å². The number of methoxy groups -OCH3 is 1. The Morgan fingerprint density at radius 1 is 1.23 bits per heavy atom. The largest absolute Gasteiger partial charge is 0.495 e. The van der Waals surface area contributed by atoms with Crippen molar-refractivity contribution in [3.8, 4) is 0 Å². The van der Waals surface area contributed by atoms with Gasteiger partial charge in [0.1, 0.15) is 5.76 Å². The van der Waals surface area contributed by atoms with Crippen LogP contribution in [-0.2, 0) is 4.74 Å². The molecule has 0 N–H and O–H groups in total. The molecule has 2 heteroatoms. The normalized spacial score (nSPS) is 24.5. The summed E-state index contributed by atoms with van der Waals surface area (Å²) in [5.74, 6) is 1.10. The molecular weight excluding hydrogens is 162 g/mol. The molecule has 66 valence electrons. The quantitative estimate of drug-likeness (QED) is 0.595. The molecule has 0 radical (unpaired) electrons. The van der Waals surface area contributed by atoms with Crippen molar-refractivity contribution in [1.29, 1.82) is 0 Å². The predicted molar refractivity (Wildman–Crippen MR) is 53.4 cm³/mol. The molecule has 2 rings (SSSR count). The van der Waals surface area contributed by atoms with Gasteiger partial charge in [-0.05, 0) is 12.2 Å². The van der Waals surface area contributed by atoms with E-state index in [1.807, 2.05) is 24.3 Å². The molecule has 0 bridgehead atoms. The first-order chi connectivity index (χ1) is 6.42. The van der Waals surface area contributed by atoms with Gasteiger partial charge in [0, 0.05) is 12.1 Å². The lowest BCUT2D eigenvalue weighted by atomic mass is 10.0. The zero-order valence-electron chi connectivity index (χ0n) is 7.47. The van der Waals surface area contributed by atoms with Gasteiger partial charge in [-0.3, -0.25) is 4.99 Å². The summed E-state index contributed by atoms with van der Waals surface area (Å²) in [7, 11) is 1.67. The molecule has 13 heavy (non-hydrogen) atoms. The predicted octanol–water partition coefficient (Wildman–Crippen LogP) is 2.23. The average molecular weight is 173 g/mol. The van der Waals surface area contributed by atoms with Crippen molar-refractivity contribution in [2.45, 2.75) is 0 Å². The van der Waals surface area contributed by atoms with E-state index in [4.69, 9.17) is 4.74 Å². The minimum absolute atomic E-state index is 0.259. The third-order valence-corrected chi connectivity index (χ3v) is 2.08. The van der Waals surface area contributed by atoms with Crippen LogP contribution in [0.4, 0.5) is 0 Å². The highest BCUT2D eigenvalue weighted by atomic mass is 16.5. The van der Waals surface area contributed by atoms with Gasteiger partial charge in [-0.15, -0.1) is 0 Å². The second-order valence-corrected chi connectivity index (χ2v) is 2.89. The molecule has 0 aromatic heterocycles. The van der Waals surface area contributed by atoms with Crippen LogP contribution >= 0.6 is 0 Å². The zero-order chi connectivity index (χ0) is 9.10. The zero-order valence-corrected chi connectivity index (χ0v) is 7.47. The fourth-order valence-corrected chi connectivity index (χ4v) is 1.44. The highest BCUT2D eigenvalue weighted by Crippen LogP contribution is 2.25. The van der Waals surface area contributed by atoms with Crippen LogP contribution in [0.1, 0.15) is 0 Å². The van der Waals surface area contributed by atoms with Crippen LogP contribution in [0.5, 0.6) is 0 Å². The Balaban J connectivity index is 2.46. The fraction of sp³-hybridized carbons (Fsp3) is 0.182. The summed E-state index contributed by atoms with van der Waals surface area (Å²) in [6.45, 7) is 0. The Bertz CT molecular complexity index is 345. The molecule has 0 spiro atoms. The molecule has 2 nitrogen and oxygen atoms in total. The number of hydrogen-bond acceptors (Lipinski definition) is 2. The molecule has 1 aliphatic carbocycles. The van der Waals surface area contributed by atoms with Gasteiger partial charge >= 0.3 is 0 Å². The SMILES string of the molecule is COC1=C2N=CC=CC2C=CC=C1. The molecule has 0 amide bonds. The van der Waals surface area contributed by atoms with Crippen molar-refractivity contribution in [2.75, 3.05) is 7.11 Å². The smallest absolute Gasteiger partial charge is 0.141 e. The minimum atomic E-state index is 0.259. The molecule has 1 aliphatic heterocycles. The molecule has 0 saturated carbocycles. The van der Waals surface area contributed by atoms with E-state index in [2.05, 4.69) is 17.1 Å². The monoisotopic (exact) mass is 173 g/mol. The molecule has 2 aliphatic rings.